The minimum Gasteiger partial charge on any atom is -0.356 e. The first-order valence-corrected chi connectivity index (χ1v) is 5.55. The molecule has 1 aromatic rings. The summed E-state index contributed by atoms with van der Waals surface area (Å²) in [5, 5.41) is 13.9. The van der Waals surface area contributed by atoms with Crippen LogP contribution in [0.25, 0.3) is 0 Å². The fourth-order valence-electron chi connectivity index (χ4n) is 1.31. The molecule has 0 radical (unpaired) electrons. The smallest absolute Gasteiger partial charge is 0.183 e. The van der Waals surface area contributed by atoms with Crippen molar-refractivity contribution in [2.24, 2.45) is 0 Å². The van der Waals surface area contributed by atoms with Gasteiger partial charge >= 0.3 is 0 Å². The Kier molecular flexibility index (Phi) is 5.33. The highest BCUT2D eigenvalue weighted by Crippen LogP contribution is 2.01. The van der Waals surface area contributed by atoms with Crippen LogP contribution in [0.15, 0.2) is 18.2 Å². The fourth-order valence-corrected chi connectivity index (χ4v) is 1.42. The molecule has 90 valence electrons. The van der Waals surface area contributed by atoms with E-state index in [4.69, 9.17) is 17.5 Å². The summed E-state index contributed by atoms with van der Waals surface area (Å²) in [5.41, 5.74) is 1.90. The van der Waals surface area contributed by atoms with Gasteiger partial charge in [0.25, 0.3) is 0 Å². The molecule has 0 atom stereocenters. The van der Waals surface area contributed by atoms with Crippen molar-refractivity contribution in [3.05, 3.63) is 29.6 Å². The van der Waals surface area contributed by atoms with Gasteiger partial charge in [-0.15, -0.1) is 0 Å². The van der Waals surface area contributed by atoms with Crippen LogP contribution < -0.4 is 10.6 Å². The lowest BCUT2D eigenvalue weighted by molar-refractivity contribution is 0.396. The third kappa shape index (κ3) is 5.24. The normalized spacial score (nSPS) is 9.76. The molecule has 2 N–H and O–H groups in total. The third-order valence-electron chi connectivity index (χ3n) is 1.94. The number of hydrogen-bond acceptors (Lipinski definition) is 4. The first kappa shape index (κ1) is 13.4. The molecule has 0 fully saturated rings. The van der Waals surface area contributed by atoms with Gasteiger partial charge in [-0.3, -0.25) is 10.3 Å². The largest absolute Gasteiger partial charge is 0.356 e. The van der Waals surface area contributed by atoms with Gasteiger partial charge in [-0.1, -0.05) is 6.07 Å². The lowest BCUT2D eigenvalue weighted by Crippen LogP contribution is -2.31. The van der Waals surface area contributed by atoms with Crippen LogP contribution in [0, 0.1) is 11.5 Å². The summed E-state index contributed by atoms with van der Waals surface area (Å²) in [6.07, 6.45) is 1.76. The molecule has 0 spiro atoms. The number of nitrogens with one attached hydrogen (secondary N) is 2. The Bertz CT molecular complexity index is 424. The summed E-state index contributed by atoms with van der Waals surface area (Å²) in [5.74, 6) is 0. The second-order valence-corrected chi connectivity index (χ2v) is 4.19. The van der Waals surface area contributed by atoms with Crippen molar-refractivity contribution in [1.29, 1.82) is 5.26 Å². The molecule has 0 bridgehead atoms. The number of nitriles is 1. The average Bonchev–Trinajstić information content (AvgIpc) is 2.26. The number of pyridine rings is 1. The van der Waals surface area contributed by atoms with Gasteiger partial charge in [0, 0.05) is 6.54 Å². The first-order chi connectivity index (χ1) is 8.11. The van der Waals surface area contributed by atoms with Gasteiger partial charge in [0.1, 0.15) is 0 Å². The molecule has 0 saturated carbocycles. The molecule has 0 amide bonds. The van der Waals surface area contributed by atoms with Crippen molar-refractivity contribution < 1.29 is 0 Å². The Balaban J connectivity index is 2.54. The standard InChI is InChI=1S/C11H15N5S/c1-16(2)7-10-5-3-4-9(15-10)6-13-11(17)14-8-12/h3-5H,6-7H2,1-2H3,(H2,13,14,17). The van der Waals surface area contributed by atoms with E-state index in [2.05, 4.69) is 20.5 Å². The quantitative estimate of drug-likeness (QED) is 0.462. The molecule has 1 heterocycles. The highest BCUT2D eigenvalue weighted by atomic mass is 32.1. The van der Waals surface area contributed by atoms with Crippen LogP contribution in [0.3, 0.4) is 0 Å². The zero-order valence-electron chi connectivity index (χ0n) is 9.90. The Morgan fingerprint density at radius 3 is 2.82 bits per heavy atom. The lowest BCUT2D eigenvalue weighted by Gasteiger charge is -2.10. The molecule has 1 aromatic heterocycles. The highest BCUT2D eigenvalue weighted by Gasteiger charge is 2.00. The van der Waals surface area contributed by atoms with Crippen LogP contribution in [0.1, 0.15) is 11.4 Å². The van der Waals surface area contributed by atoms with E-state index in [9.17, 15) is 0 Å². The Hall–Kier alpha value is -1.71. The van der Waals surface area contributed by atoms with Crippen LogP contribution in [0.2, 0.25) is 0 Å². The van der Waals surface area contributed by atoms with Gasteiger partial charge in [-0.05, 0) is 38.4 Å². The fraction of sp³-hybridized carbons (Fsp3) is 0.364. The Morgan fingerprint density at radius 1 is 1.47 bits per heavy atom. The number of rotatable bonds is 4. The summed E-state index contributed by atoms with van der Waals surface area (Å²) >= 11 is 4.87. The highest BCUT2D eigenvalue weighted by molar-refractivity contribution is 7.80. The molecule has 1 rings (SSSR count). The van der Waals surface area contributed by atoms with Gasteiger partial charge in [0.15, 0.2) is 11.3 Å². The summed E-state index contributed by atoms with van der Waals surface area (Å²) in [7, 11) is 4.00. The van der Waals surface area contributed by atoms with E-state index in [1.165, 1.54) is 0 Å². The molecule has 0 aliphatic heterocycles. The molecular weight excluding hydrogens is 234 g/mol. The molecule has 5 nitrogen and oxygen atoms in total. The van der Waals surface area contributed by atoms with Gasteiger partial charge in [0.05, 0.1) is 17.9 Å². The lowest BCUT2D eigenvalue weighted by atomic mass is 10.3. The van der Waals surface area contributed by atoms with E-state index < -0.39 is 0 Å². The minimum absolute atomic E-state index is 0.312. The molecule has 0 saturated heterocycles. The van der Waals surface area contributed by atoms with Crippen LogP contribution >= 0.6 is 12.2 Å². The molecule has 0 aliphatic carbocycles. The summed E-state index contributed by atoms with van der Waals surface area (Å²) in [6.45, 7) is 1.31. The van der Waals surface area contributed by atoms with Crippen molar-refractivity contribution >= 4 is 17.3 Å². The molecule has 6 heteroatoms. The van der Waals surface area contributed by atoms with Crippen LogP contribution in [0.5, 0.6) is 0 Å². The van der Waals surface area contributed by atoms with Gasteiger partial charge in [0.2, 0.25) is 0 Å². The second-order valence-electron chi connectivity index (χ2n) is 3.78. The molecule has 17 heavy (non-hydrogen) atoms. The maximum atomic E-state index is 8.37. The average molecular weight is 249 g/mol. The van der Waals surface area contributed by atoms with Gasteiger partial charge in [-0.2, -0.15) is 5.26 Å². The van der Waals surface area contributed by atoms with Crippen molar-refractivity contribution in [2.75, 3.05) is 14.1 Å². The number of nitrogens with zero attached hydrogens (tertiary/aromatic N) is 3. The third-order valence-corrected chi connectivity index (χ3v) is 2.19. The molecule has 0 aromatic carbocycles. The van der Waals surface area contributed by atoms with Crippen molar-refractivity contribution in [2.45, 2.75) is 13.1 Å². The van der Waals surface area contributed by atoms with Gasteiger partial charge in [-0.25, -0.2) is 0 Å². The summed E-state index contributed by atoms with van der Waals surface area (Å²) in [4.78, 5) is 6.53. The van der Waals surface area contributed by atoms with E-state index in [0.29, 0.717) is 11.7 Å². The van der Waals surface area contributed by atoms with Gasteiger partial charge < -0.3 is 10.2 Å². The second kappa shape index (κ2) is 6.78. The van der Waals surface area contributed by atoms with Crippen molar-refractivity contribution in [1.82, 2.24) is 20.5 Å². The van der Waals surface area contributed by atoms with E-state index in [-0.39, 0.29) is 0 Å². The maximum absolute atomic E-state index is 8.37. The minimum atomic E-state index is 0.312. The SMILES string of the molecule is CN(C)Cc1cccc(CNC(=S)NC#N)n1. The molecule has 0 aliphatic rings. The number of hydrogen-bond donors (Lipinski definition) is 2. The van der Waals surface area contributed by atoms with Crippen molar-refractivity contribution in [3.8, 4) is 6.19 Å². The van der Waals surface area contributed by atoms with E-state index >= 15 is 0 Å². The summed E-state index contributed by atoms with van der Waals surface area (Å²) in [6, 6.07) is 5.86. The number of thiocarbonyl (C=S) groups is 1. The number of aromatic nitrogens is 1. The van der Waals surface area contributed by atoms with Crippen LogP contribution in [-0.2, 0) is 13.1 Å². The van der Waals surface area contributed by atoms with E-state index in [1.54, 1.807) is 6.19 Å². The molecular formula is C11H15N5S. The monoisotopic (exact) mass is 249 g/mol. The zero-order chi connectivity index (χ0) is 12.7. The zero-order valence-corrected chi connectivity index (χ0v) is 10.7. The van der Waals surface area contributed by atoms with E-state index in [0.717, 1.165) is 17.9 Å². The Labute approximate surface area is 106 Å². The van der Waals surface area contributed by atoms with E-state index in [1.807, 2.05) is 32.3 Å². The predicted octanol–water partition coefficient (Wildman–Crippen LogP) is 0.588. The predicted molar refractivity (Wildman–Crippen MR) is 69.8 cm³/mol. The summed E-state index contributed by atoms with van der Waals surface area (Å²) < 4.78 is 0. The molecule has 0 unspecified atom stereocenters. The van der Waals surface area contributed by atoms with Crippen LogP contribution in [0.4, 0.5) is 0 Å². The topological polar surface area (TPSA) is 64.0 Å². The van der Waals surface area contributed by atoms with Crippen LogP contribution in [-0.4, -0.2) is 29.1 Å². The van der Waals surface area contributed by atoms with Crippen molar-refractivity contribution in [3.63, 3.8) is 0 Å². The Morgan fingerprint density at radius 2 is 2.18 bits per heavy atom. The maximum Gasteiger partial charge on any atom is 0.183 e. The first-order valence-electron chi connectivity index (χ1n) is 5.14.